The quantitative estimate of drug-likeness (QED) is 0.257. The number of imidazole rings is 1. The third-order valence-corrected chi connectivity index (χ3v) is 6.00. The van der Waals surface area contributed by atoms with Crippen molar-refractivity contribution in [2.24, 2.45) is 0 Å². The molecule has 0 spiro atoms. The van der Waals surface area contributed by atoms with Crippen molar-refractivity contribution in [2.45, 2.75) is 32.4 Å². The summed E-state index contributed by atoms with van der Waals surface area (Å²) in [5, 5.41) is 11.1. The number of aryl methyl sites for hydroxylation is 1. The molecule has 1 saturated heterocycles. The van der Waals surface area contributed by atoms with Crippen LogP contribution < -0.4 is 9.47 Å². The molecule has 0 saturated carbocycles. The first-order valence-corrected chi connectivity index (χ1v) is 11.8. The molecule has 0 radical (unpaired) electrons. The van der Waals surface area contributed by atoms with Crippen LogP contribution in [0.1, 0.15) is 36.9 Å². The Labute approximate surface area is 208 Å². The SMILES string of the molecule is CCCOc1ccc([C@H]2C(=C(O)c3ccc(F)cc3)C(=O)C(=O)N2CCCn2ccnc2)cc1OC. The van der Waals surface area contributed by atoms with Crippen molar-refractivity contribution in [2.75, 3.05) is 20.3 Å². The number of benzene rings is 2. The highest BCUT2D eigenvalue weighted by Gasteiger charge is 2.46. The highest BCUT2D eigenvalue weighted by molar-refractivity contribution is 6.46. The number of rotatable bonds is 10. The van der Waals surface area contributed by atoms with Gasteiger partial charge >= 0.3 is 0 Å². The van der Waals surface area contributed by atoms with Crippen molar-refractivity contribution in [3.63, 3.8) is 0 Å². The summed E-state index contributed by atoms with van der Waals surface area (Å²) in [4.78, 5) is 31.8. The third kappa shape index (κ3) is 5.10. The fraction of sp³-hybridized carbons (Fsp3) is 0.296. The zero-order valence-corrected chi connectivity index (χ0v) is 20.2. The molecule has 1 aromatic heterocycles. The van der Waals surface area contributed by atoms with E-state index in [4.69, 9.17) is 9.47 Å². The van der Waals surface area contributed by atoms with Crippen LogP contribution in [-0.4, -0.2) is 51.5 Å². The summed E-state index contributed by atoms with van der Waals surface area (Å²) < 4.78 is 26.6. The first kappa shape index (κ1) is 25.0. The number of methoxy groups -OCH3 is 1. The van der Waals surface area contributed by atoms with Gasteiger partial charge in [-0.1, -0.05) is 13.0 Å². The summed E-state index contributed by atoms with van der Waals surface area (Å²) in [5.74, 6) is -1.35. The molecule has 4 rings (SSSR count). The molecule has 0 bridgehead atoms. The van der Waals surface area contributed by atoms with Gasteiger partial charge in [-0.25, -0.2) is 9.37 Å². The number of carbonyl (C=O) groups is 2. The van der Waals surface area contributed by atoms with Crippen LogP contribution in [0.15, 0.2) is 66.8 Å². The van der Waals surface area contributed by atoms with E-state index < -0.39 is 23.5 Å². The van der Waals surface area contributed by atoms with E-state index in [1.54, 1.807) is 30.7 Å². The Kier molecular flexibility index (Phi) is 7.68. The molecule has 1 aliphatic rings. The molecule has 0 aliphatic carbocycles. The Morgan fingerprint density at radius 3 is 2.56 bits per heavy atom. The van der Waals surface area contributed by atoms with Crippen LogP contribution in [0.5, 0.6) is 11.5 Å². The van der Waals surface area contributed by atoms with Crippen molar-refractivity contribution in [1.29, 1.82) is 0 Å². The summed E-state index contributed by atoms with van der Waals surface area (Å²) in [5.41, 5.74) is 0.771. The fourth-order valence-electron chi connectivity index (χ4n) is 4.25. The summed E-state index contributed by atoms with van der Waals surface area (Å²) in [6, 6.07) is 9.46. The predicted molar refractivity (Wildman–Crippen MR) is 131 cm³/mol. The molecule has 36 heavy (non-hydrogen) atoms. The average molecular weight is 494 g/mol. The van der Waals surface area contributed by atoms with E-state index >= 15 is 0 Å². The lowest BCUT2D eigenvalue weighted by Gasteiger charge is -2.26. The first-order valence-electron chi connectivity index (χ1n) is 11.8. The van der Waals surface area contributed by atoms with E-state index in [0.717, 1.165) is 6.42 Å². The second-order valence-corrected chi connectivity index (χ2v) is 8.41. The Morgan fingerprint density at radius 2 is 1.89 bits per heavy atom. The highest BCUT2D eigenvalue weighted by Crippen LogP contribution is 2.42. The average Bonchev–Trinajstić information content (AvgIpc) is 3.49. The maximum absolute atomic E-state index is 13.5. The normalized spacial score (nSPS) is 17.0. The number of Topliss-reactive ketones (excluding diaryl/α,β-unsaturated/α-hetero) is 1. The van der Waals surface area contributed by atoms with Gasteiger partial charge < -0.3 is 24.0 Å². The van der Waals surface area contributed by atoms with E-state index in [-0.39, 0.29) is 23.4 Å². The molecule has 1 amide bonds. The predicted octanol–water partition coefficient (Wildman–Crippen LogP) is 4.33. The number of amides is 1. The van der Waals surface area contributed by atoms with E-state index in [0.29, 0.717) is 36.6 Å². The van der Waals surface area contributed by atoms with E-state index in [9.17, 15) is 19.1 Å². The minimum atomic E-state index is -0.855. The molecule has 1 atom stereocenters. The standard InChI is InChI=1S/C27H28FN3O5/c1-3-15-36-21-10-7-19(16-22(21)35-2)24-23(25(32)18-5-8-20(28)9-6-18)26(33)27(34)31(24)13-4-12-30-14-11-29-17-30/h5-11,14,16-17,24,32H,3-4,12-13,15H2,1-2H3/t24-/m0/s1. The van der Waals surface area contributed by atoms with Crippen LogP contribution in [0.3, 0.4) is 0 Å². The molecule has 1 fully saturated rings. The lowest BCUT2D eigenvalue weighted by Crippen LogP contribution is -2.31. The Hall–Kier alpha value is -4.14. The van der Waals surface area contributed by atoms with Gasteiger partial charge in [0.1, 0.15) is 11.6 Å². The third-order valence-electron chi connectivity index (χ3n) is 6.00. The van der Waals surface area contributed by atoms with Crippen LogP contribution >= 0.6 is 0 Å². The van der Waals surface area contributed by atoms with Crippen molar-refractivity contribution in [1.82, 2.24) is 14.5 Å². The van der Waals surface area contributed by atoms with E-state index in [2.05, 4.69) is 4.98 Å². The van der Waals surface area contributed by atoms with Gasteiger partial charge in [0.2, 0.25) is 0 Å². The largest absolute Gasteiger partial charge is 0.507 e. The van der Waals surface area contributed by atoms with Crippen LogP contribution in [0.25, 0.3) is 5.76 Å². The number of ketones is 1. The first-order chi connectivity index (χ1) is 17.4. The van der Waals surface area contributed by atoms with Gasteiger partial charge in [0.15, 0.2) is 11.5 Å². The number of likely N-dealkylation sites (tertiary alicyclic amines) is 1. The number of hydrogen-bond donors (Lipinski definition) is 1. The molecule has 2 aromatic carbocycles. The minimum absolute atomic E-state index is 0.0569. The van der Waals surface area contributed by atoms with Gasteiger partial charge in [-0.15, -0.1) is 0 Å². The lowest BCUT2D eigenvalue weighted by molar-refractivity contribution is -0.139. The number of ether oxygens (including phenoxy) is 2. The second-order valence-electron chi connectivity index (χ2n) is 8.41. The molecular weight excluding hydrogens is 465 g/mol. The maximum atomic E-state index is 13.5. The second kappa shape index (κ2) is 11.1. The van der Waals surface area contributed by atoms with Gasteiger partial charge in [0.25, 0.3) is 11.7 Å². The van der Waals surface area contributed by atoms with Gasteiger partial charge in [-0.3, -0.25) is 9.59 Å². The zero-order valence-electron chi connectivity index (χ0n) is 20.2. The number of carbonyl (C=O) groups excluding carboxylic acids is 2. The molecule has 3 aromatic rings. The number of aliphatic hydroxyl groups excluding tert-OH is 1. The lowest BCUT2D eigenvalue weighted by atomic mass is 9.95. The van der Waals surface area contributed by atoms with Crippen LogP contribution in [0.4, 0.5) is 4.39 Å². The highest BCUT2D eigenvalue weighted by atomic mass is 19.1. The number of hydrogen-bond acceptors (Lipinski definition) is 6. The number of aliphatic hydroxyl groups is 1. The topological polar surface area (TPSA) is 93.9 Å². The molecule has 1 N–H and O–H groups in total. The molecule has 8 nitrogen and oxygen atoms in total. The van der Waals surface area contributed by atoms with Gasteiger partial charge in [-0.2, -0.15) is 0 Å². The molecule has 9 heteroatoms. The maximum Gasteiger partial charge on any atom is 0.295 e. The molecular formula is C27H28FN3O5. The van der Waals surface area contributed by atoms with Crippen molar-refractivity contribution < 1.29 is 28.6 Å². The number of nitrogens with zero attached hydrogens (tertiary/aromatic N) is 3. The fourth-order valence-corrected chi connectivity index (χ4v) is 4.25. The molecule has 188 valence electrons. The Bertz CT molecular complexity index is 1250. The Morgan fingerprint density at radius 1 is 1.11 bits per heavy atom. The summed E-state index contributed by atoms with van der Waals surface area (Å²) >= 11 is 0. The number of aromatic nitrogens is 2. The molecule has 0 unspecified atom stereocenters. The van der Waals surface area contributed by atoms with Gasteiger partial charge in [0.05, 0.1) is 31.7 Å². The van der Waals surface area contributed by atoms with Crippen molar-refractivity contribution in [3.05, 3.63) is 83.7 Å². The van der Waals surface area contributed by atoms with E-state index in [1.807, 2.05) is 17.7 Å². The smallest absolute Gasteiger partial charge is 0.295 e. The zero-order chi connectivity index (χ0) is 25.7. The summed E-state index contributed by atoms with van der Waals surface area (Å²) in [6.07, 6.45) is 6.55. The van der Waals surface area contributed by atoms with Crippen molar-refractivity contribution in [3.8, 4) is 11.5 Å². The van der Waals surface area contributed by atoms with Crippen LogP contribution in [0.2, 0.25) is 0 Å². The Balaban J connectivity index is 1.75. The monoisotopic (exact) mass is 493 g/mol. The van der Waals surface area contributed by atoms with Crippen LogP contribution in [-0.2, 0) is 16.1 Å². The van der Waals surface area contributed by atoms with E-state index in [1.165, 1.54) is 36.3 Å². The summed E-state index contributed by atoms with van der Waals surface area (Å²) in [6.45, 7) is 3.37. The van der Waals surface area contributed by atoms with Gasteiger partial charge in [0, 0.05) is 31.0 Å². The molecule has 1 aliphatic heterocycles. The summed E-state index contributed by atoms with van der Waals surface area (Å²) in [7, 11) is 1.51. The van der Waals surface area contributed by atoms with Crippen molar-refractivity contribution >= 4 is 17.4 Å². The van der Waals surface area contributed by atoms with Crippen LogP contribution in [0, 0.1) is 5.82 Å². The number of halogens is 1. The minimum Gasteiger partial charge on any atom is -0.507 e. The molecule has 2 heterocycles. The van der Waals surface area contributed by atoms with Gasteiger partial charge in [-0.05, 0) is 54.8 Å².